The fraction of sp³-hybridized carbons (Fsp3) is 0.381. The van der Waals surface area contributed by atoms with Crippen molar-refractivity contribution < 1.29 is 19.0 Å². The average molecular weight is 353 g/mol. The number of para-hydroxylation sites is 1. The molecule has 0 bridgehead atoms. The maximum absolute atomic E-state index is 13.2. The number of carbonyl (C=O) groups is 1. The molecule has 1 amide bonds. The van der Waals surface area contributed by atoms with Crippen molar-refractivity contribution in [2.75, 3.05) is 20.8 Å². The number of rotatable bonds is 4. The molecule has 2 heterocycles. The van der Waals surface area contributed by atoms with E-state index in [1.165, 1.54) is 0 Å². The molecular weight excluding hydrogens is 330 g/mol. The van der Waals surface area contributed by atoms with Crippen LogP contribution in [0.2, 0.25) is 0 Å². The second-order valence-electron chi connectivity index (χ2n) is 6.72. The summed E-state index contributed by atoms with van der Waals surface area (Å²) in [6.45, 7) is 0.745. The van der Waals surface area contributed by atoms with E-state index in [1.54, 1.807) is 14.2 Å². The van der Waals surface area contributed by atoms with Gasteiger partial charge in [-0.3, -0.25) is 4.79 Å². The van der Waals surface area contributed by atoms with Gasteiger partial charge in [0.25, 0.3) is 5.91 Å². The predicted octanol–water partition coefficient (Wildman–Crippen LogP) is 3.37. The van der Waals surface area contributed by atoms with Crippen molar-refractivity contribution in [1.29, 1.82) is 0 Å². The standard InChI is InChI=1S/C21H23NO4/c1-24-15-9-10-16(19(13-15)25-2)17-7-5-11-22(17)21(23)20-12-14-6-3-4-8-18(14)26-20/h3-4,6,8-10,13,17,20H,5,7,11-12H2,1-2H3. The van der Waals surface area contributed by atoms with Gasteiger partial charge in [-0.25, -0.2) is 0 Å². The maximum atomic E-state index is 13.2. The molecule has 2 aromatic rings. The Morgan fingerprint density at radius 3 is 2.77 bits per heavy atom. The fourth-order valence-corrected chi connectivity index (χ4v) is 3.95. The summed E-state index contributed by atoms with van der Waals surface area (Å²) in [4.78, 5) is 15.1. The predicted molar refractivity (Wildman–Crippen MR) is 97.8 cm³/mol. The van der Waals surface area contributed by atoms with Crippen LogP contribution < -0.4 is 14.2 Å². The van der Waals surface area contributed by atoms with Crippen molar-refractivity contribution in [2.24, 2.45) is 0 Å². The van der Waals surface area contributed by atoms with Gasteiger partial charge in [0.1, 0.15) is 17.2 Å². The molecule has 136 valence electrons. The number of hydrogen-bond donors (Lipinski definition) is 0. The maximum Gasteiger partial charge on any atom is 0.264 e. The van der Waals surface area contributed by atoms with Crippen LogP contribution in [-0.2, 0) is 11.2 Å². The molecule has 1 saturated heterocycles. The summed E-state index contributed by atoms with van der Waals surface area (Å²) < 4.78 is 16.8. The van der Waals surface area contributed by atoms with E-state index < -0.39 is 6.10 Å². The van der Waals surface area contributed by atoms with Gasteiger partial charge >= 0.3 is 0 Å². The zero-order valence-corrected chi connectivity index (χ0v) is 15.1. The number of methoxy groups -OCH3 is 2. The van der Waals surface area contributed by atoms with Crippen molar-refractivity contribution in [2.45, 2.75) is 31.4 Å². The summed E-state index contributed by atoms with van der Waals surface area (Å²) in [5.41, 5.74) is 2.12. The van der Waals surface area contributed by atoms with Crippen molar-refractivity contribution in [1.82, 2.24) is 4.90 Å². The molecule has 0 saturated carbocycles. The number of benzene rings is 2. The number of ether oxygens (including phenoxy) is 3. The summed E-state index contributed by atoms with van der Waals surface area (Å²) in [5, 5.41) is 0. The smallest absolute Gasteiger partial charge is 0.264 e. The van der Waals surface area contributed by atoms with Crippen LogP contribution in [0.1, 0.15) is 30.0 Å². The van der Waals surface area contributed by atoms with Gasteiger partial charge in [-0.1, -0.05) is 18.2 Å². The van der Waals surface area contributed by atoms with E-state index in [0.717, 1.165) is 47.8 Å². The van der Waals surface area contributed by atoms with Gasteiger partial charge in [0.15, 0.2) is 6.10 Å². The summed E-state index contributed by atoms with van der Waals surface area (Å²) in [5.74, 6) is 2.38. The normalized spacial score (nSPS) is 21.2. The fourth-order valence-electron chi connectivity index (χ4n) is 3.95. The van der Waals surface area contributed by atoms with Crippen molar-refractivity contribution in [3.05, 3.63) is 53.6 Å². The molecule has 0 N–H and O–H groups in total. The Morgan fingerprint density at radius 1 is 1.15 bits per heavy atom. The number of carbonyl (C=O) groups excluding carboxylic acids is 1. The molecular formula is C21H23NO4. The Hall–Kier alpha value is -2.69. The third kappa shape index (κ3) is 2.87. The Bertz CT molecular complexity index is 794. The number of nitrogens with zero attached hydrogens (tertiary/aromatic N) is 1. The molecule has 2 unspecified atom stereocenters. The Morgan fingerprint density at radius 2 is 2.00 bits per heavy atom. The van der Waals surface area contributed by atoms with Crippen LogP contribution in [0.25, 0.3) is 0 Å². The minimum absolute atomic E-state index is 0.00988. The first kappa shape index (κ1) is 16.8. The van der Waals surface area contributed by atoms with E-state index >= 15 is 0 Å². The highest BCUT2D eigenvalue weighted by molar-refractivity contribution is 5.83. The van der Waals surface area contributed by atoms with Crippen molar-refractivity contribution in [3.63, 3.8) is 0 Å². The lowest BCUT2D eigenvalue weighted by Crippen LogP contribution is -2.41. The number of likely N-dealkylation sites (tertiary alicyclic amines) is 1. The minimum atomic E-state index is -0.433. The number of amides is 1. The number of fused-ring (bicyclic) bond motifs is 1. The lowest BCUT2D eigenvalue weighted by Gasteiger charge is -2.28. The second-order valence-corrected chi connectivity index (χ2v) is 6.72. The molecule has 2 atom stereocenters. The van der Waals surface area contributed by atoms with Crippen LogP contribution in [-0.4, -0.2) is 37.7 Å². The molecule has 2 aromatic carbocycles. The molecule has 0 spiro atoms. The van der Waals surface area contributed by atoms with Crippen LogP contribution in [0.4, 0.5) is 0 Å². The summed E-state index contributed by atoms with van der Waals surface area (Å²) >= 11 is 0. The zero-order valence-electron chi connectivity index (χ0n) is 15.1. The minimum Gasteiger partial charge on any atom is -0.497 e. The highest BCUT2D eigenvalue weighted by Crippen LogP contribution is 2.40. The number of hydrogen-bond acceptors (Lipinski definition) is 4. The molecule has 0 radical (unpaired) electrons. The van der Waals surface area contributed by atoms with Crippen LogP contribution in [0, 0.1) is 0 Å². The third-order valence-corrected chi connectivity index (χ3v) is 5.26. The van der Waals surface area contributed by atoms with Gasteiger partial charge in [-0.15, -0.1) is 0 Å². The first-order valence-electron chi connectivity index (χ1n) is 8.98. The molecule has 1 fully saturated rings. The molecule has 4 rings (SSSR count). The lowest BCUT2D eigenvalue weighted by atomic mass is 10.0. The molecule has 5 heteroatoms. The first-order valence-corrected chi connectivity index (χ1v) is 8.98. The quantitative estimate of drug-likeness (QED) is 0.846. The second kappa shape index (κ2) is 6.90. The van der Waals surface area contributed by atoms with Crippen LogP contribution in [0.5, 0.6) is 17.2 Å². The van der Waals surface area contributed by atoms with Crippen LogP contribution >= 0.6 is 0 Å². The summed E-state index contributed by atoms with van der Waals surface area (Å²) in [6, 6.07) is 13.7. The van der Waals surface area contributed by atoms with E-state index in [9.17, 15) is 4.79 Å². The van der Waals surface area contributed by atoms with Gasteiger partial charge in [0, 0.05) is 24.6 Å². The molecule has 5 nitrogen and oxygen atoms in total. The van der Waals surface area contributed by atoms with Gasteiger partial charge in [0.2, 0.25) is 0 Å². The van der Waals surface area contributed by atoms with Crippen molar-refractivity contribution in [3.8, 4) is 17.2 Å². The van der Waals surface area contributed by atoms with E-state index in [4.69, 9.17) is 14.2 Å². The third-order valence-electron chi connectivity index (χ3n) is 5.26. The summed E-state index contributed by atoms with van der Waals surface area (Å²) in [7, 11) is 3.28. The van der Waals surface area contributed by atoms with E-state index in [-0.39, 0.29) is 11.9 Å². The SMILES string of the molecule is COc1ccc(C2CCCN2C(=O)C2Cc3ccccc3O2)c(OC)c1. The van der Waals surface area contributed by atoms with Crippen molar-refractivity contribution >= 4 is 5.91 Å². The largest absolute Gasteiger partial charge is 0.497 e. The molecule has 2 aliphatic heterocycles. The molecule has 26 heavy (non-hydrogen) atoms. The molecule has 2 aliphatic rings. The van der Waals surface area contributed by atoms with E-state index in [1.807, 2.05) is 47.4 Å². The monoisotopic (exact) mass is 353 g/mol. The Balaban J connectivity index is 1.57. The van der Waals surface area contributed by atoms with Gasteiger partial charge in [0.05, 0.1) is 20.3 Å². The van der Waals surface area contributed by atoms with Crippen LogP contribution in [0.15, 0.2) is 42.5 Å². The lowest BCUT2D eigenvalue weighted by molar-refractivity contribution is -0.138. The van der Waals surface area contributed by atoms with Crippen LogP contribution in [0.3, 0.4) is 0 Å². The molecule has 0 aromatic heterocycles. The summed E-state index contributed by atoms with van der Waals surface area (Å²) in [6.07, 6.45) is 2.11. The topological polar surface area (TPSA) is 48.0 Å². The zero-order chi connectivity index (χ0) is 18.1. The van der Waals surface area contributed by atoms with Gasteiger partial charge < -0.3 is 19.1 Å². The van der Waals surface area contributed by atoms with E-state index in [2.05, 4.69) is 0 Å². The highest BCUT2D eigenvalue weighted by Gasteiger charge is 2.38. The van der Waals surface area contributed by atoms with Gasteiger partial charge in [-0.2, -0.15) is 0 Å². The molecule has 0 aliphatic carbocycles. The average Bonchev–Trinajstić information content (AvgIpc) is 3.33. The highest BCUT2D eigenvalue weighted by atomic mass is 16.5. The van der Waals surface area contributed by atoms with Gasteiger partial charge in [-0.05, 0) is 36.6 Å². The van der Waals surface area contributed by atoms with E-state index in [0.29, 0.717) is 6.42 Å². The first-order chi connectivity index (χ1) is 12.7. The Kier molecular flexibility index (Phi) is 4.45. The Labute approximate surface area is 153 Å².